The van der Waals surface area contributed by atoms with Crippen LogP contribution in [0.2, 0.25) is 0 Å². The van der Waals surface area contributed by atoms with Gasteiger partial charge in [-0.2, -0.15) is 0 Å². The lowest BCUT2D eigenvalue weighted by Crippen LogP contribution is -2.35. The van der Waals surface area contributed by atoms with Crippen molar-refractivity contribution in [3.05, 3.63) is 18.0 Å². The lowest BCUT2D eigenvalue weighted by atomic mass is 10.2. The molecule has 3 rings (SSSR count). The number of carbonyl (C=O) groups is 1. The van der Waals surface area contributed by atoms with Gasteiger partial charge in [-0.05, 0) is 18.6 Å². The van der Waals surface area contributed by atoms with Crippen molar-refractivity contribution >= 4 is 28.5 Å². The first-order chi connectivity index (χ1) is 13.1. The zero-order valence-corrected chi connectivity index (χ0v) is 16.4. The van der Waals surface area contributed by atoms with Gasteiger partial charge in [-0.3, -0.25) is 10.2 Å². The standard InChI is InChI=1S/C19H29N5O3/c1-4-5-8-27-19(25)22-16-11-14-15(12-17(16)23(2)3)21-18(20-14)13-24-6-9-26-10-7-24/h11-12H,4-10,13H2,1-3H3,(H,20,21)(H,22,25). The second-order valence-electron chi connectivity index (χ2n) is 6.97. The molecule has 2 aromatic rings. The number of aromatic nitrogens is 2. The molecule has 1 fully saturated rings. The van der Waals surface area contributed by atoms with Crippen molar-refractivity contribution in [3.8, 4) is 0 Å². The lowest BCUT2D eigenvalue weighted by Gasteiger charge is -2.25. The maximum Gasteiger partial charge on any atom is 0.411 e. The van der Waals surface area contributed by atoms with E-state index in [0.29, 0.717) is 12.3 Å². The average Bonchev–Trinajstić information content (AvgIpc) is 3.03. The lowest BCUT2D eigenvalue weighted by molar-refractivity contribution is 0.0332. The SMILES string of the molecule is CCCCOC(=O)Nc1cc2[nH]c(CN3CCOCC3)nc2cc1N(C)C. The van der Waals surface area contributed by atoms with Crippen LogP contribution in [0.5, 0.6) is 0 Å². The number of hydrogen-bond acceptors (Lipinski definition) is 6. The predicted molar refractivity (Wildman–Crippen MR) is 106 cm³/mol. The van der Waals surface area contributed by atoms with E-state index < -0.39 is 6.09 Å². The van der Waals surface area contributed by atoms with Crippen molar-refractivity contribution in [2.45, 2.75) is 26.3 Å². The third-order valence-electron chi connectivity index (χ3n) is 4.58. The molecule has 2 N–H and O–H groups in total. The normalized spacial score (nSPS) is 15.1. The zero-order chi connectivity index (χ0) is 19.2. The van der Waals surface area contributed by atoms with E-state index in [-0.39, 0.29) is 0 Å². The number of carbonyl (C=O) groups excluding carboxylic acids is 1. The van der Waals surface area contributed by atoms with Crippen molar-refractivity contribution in [2.75, 3.05) is 57.2 Å². The molecule has 1 saturated heterocycles. The summed E-state index contributed by atoms with van der Waals surface area (Å²) in [5.74, 6) is 0.916. The number of H-pyrrole nitrogens is 1. The number of amides is 1. The molecule has 1 aromatic heterocycles. The van der Waals surface area contributed by atoms with E-state index in [1.807, 2.05) is 31.1 Å². The van der Waals surface area contributed by atoms with Crippen molar-refractivity contribution in [3.63, 3.8) is 0 Å². The molecule has 148 valence electrons. The molecule has 1 aliphatic heterocycles. The highest BCUT2D eigenvalue weighted by molar-refractivity contribution is 5.95. The van der Waals surface area contributed by atoms with Crippen LogP contribution in [-0.2, 0) is 16.0 Å². The number of fused-ring (bicyclic) bond motifs is 1. The summed E-state index contributed by atoms with van der Waals surface area (Å²) in [5.41, 5.74) is 3.37. The maximum absolute atomic E-state index is 12.1. The monoisotopic (exact) mass is 375 g/mol. The van der Waals surface area contributed by atoms with Crippen LogP contribution in [0.1, 0.15) is 25.6 Å². The quantitative estimate of drug-likeness (QED) is 0.724. The van der Waals surface area contributed by atoms with Crippen molar-refractivity contribution in [2.24, 2.45) is 0 Å². The summed E-state index contributed by atoms with van der Waals surface area (Å²) >= 11 is 0. The van der Waals surface area contributed by atoms with E-state index in [0.717, 1.165) is 68.2 Å². The predicted octanol–water partition coefficient (Wildman–Crippen LogP) is 2.81. The maximum atomic E-state index is 12.1. The molecule has 0 atom stereocenters. The fourth-order valence-corrected chi connectivity index (χ4v) is 3.07. The molecule has 0 saturated carbocycles. The molecule has 0 unspecified atom stereocenters. The molecule has 8 heteroatoms. The van der Waals surface area contributed by atoms with Crippen LogP contribution < -0.4 is 10.2 Å². The van der Waals surface area contributed by atoms with E-state index in [4.69, 9.17) is 14.5 Å². The van der Waals surface area contributed by atoms with Crippen LogP contribution >= 0.6 is 0 Å². The first-order valence-electron chi connectivity index (χ1n) is 9.50. The number of aromatic amines is 1. The van der Waals surface area contributed by atoms with Gasteiger partial charge in [0.2, 0.25) is 0 Å². The van der Waals surface area contributed by atoms with Crippen LogP contribution in [0, 0.1) is 0 Å². The molecule has 1 aliphatic rings. The molecular formula is C19H29N5O3. The van der Waals surface area contributed by atoms with Crippen LogP contribution in [-0.4, -0.2) is 68.0 Å². The molecule has 8 nitrogen and oxygen atoms in total. The van der Waals surface area contributed by atoms with Crippen LogP contribution in [0.4, 0.5) is 16.2 Å². The summed E-state index contributed by atoms with van der Waals surface area (Å²) in [6.07, 6.45) is 1.42. The first kappa shape index (κ1) is 19.4. The van der Waals surface area contributed by atoms with E-state index in [2.05, 4.69) is 22.1 Å². The third-order valence-corrected chi connectivity index (χ3v) is 4.58. The number of nitrogens with zero attached hydrogens (tertiary/aromatic N) is 3. The minimum atomic E-state index is -0.432. The van der Waals surface area contributed by atoms with Gasteiger partial charge >= 0.3 is 6.09 Å². The zero-order valence-electron chi connectivity index (χ0n) is 16.4. The minimum Gasteiger partial charge on any atom is -0.449 e. The van der Waals surface area contributed by atoms with Gasteiger partial charge in [0.05, 0.1) is 48.8 Å². The van der Waals surface area contributed by atoms with Crippen LogP contribution in [0.15, 0.2) is 12.1 Å². The highest BCUT2D eigenvalue weighted by atomic mass is 16.5. The average molecular weight is 375 g/mol. The number of unbranched alkanes of at least 4 members (excludes halogenated alkanes) is 1. The smallest absolute Gasteiger partial charge is 0.411 e. The highest BCUT2D eigenvalue weighted by Gasteiger charge is 2.16. The van der Waals surface area contributed by atoms with Gasteiger partial charge in [0.15, 0.2) is 0 Å². The van der Waals surface area contributed by atoms with Crippen LogP contribution in [0.25, 0.3) is 11.0 Å². The fourth-order valence-electron chi connectivity index (χ4n) is 3.07. The summed E-state index contributed by atoms with van der Waals surface area (Å²) in [7, 11) is 3.88. The molecule has 0 aliphatic carbocycles. The Labute approximate surface area is 159 Å². The summed E-state index contributed by atoms with van der Waals surface area (Å²) in [4.78, 5) is 24.4. The number of nitrogens with one attached hydrogen (secondary N) is 2. The molecule has 1 aromatic carbocycles. The first-order valence-corrected chi connectivity index (χ1v) is 9.50. The second kappa shape index (κ2) is 9.05. The Bertz CT molecular complexity index is 768. The van der Waals surface area contributed by atoms with Crippen molar-refractivity contribution in [1.29, 1.82) is 0 Å². The highest BCUT2D eigenvalue weighted by Crippen LogP contribution is 2.29. The largest absolute Gasteiger partial charge is 0.449 e. The molecule has 0 spiro atoms. The molecule has 0 radical (unpaired) electrons. The Balaban J connectivity index is 1.78. The van der Waals surface area contributed by atoms with Gasteiger partial charge in [-0.15, -0.1) is 0 Å². The van der Waals surface area contributed by atoms with Gasteiger partial charge in [-0.1, -0.05) is 13.3 Å². The van der Waals surface area contributed by atoms with Gasteiger partial charge in [0, 0.05) is 27.2 Å². The molecule has 2 heterocycles. The van der Waals surface area contributed by atoms with E-state index in [1.165, 1.54) is 0 Å². The van der Waals surface area contributed by atoms with Gasteiger partial charge in [0.25, 0.3) is 0 Å². The molecule has 1 amide bonds. The Kier molecular flexibility index (Phi) is 6.52. The van der Waals surface area contributed by atoms with E-state index in [9.17, 15) is 4.79 Å². The summed E-state index contributed by atoms with van der Waals surface area (Å²) in [6.45, 7) is 6.60. The molecule has 27 heavy (non-hydrogen) atoms. The summed E-state index contributed by atoms with van der Waals surface area (Å²) < 4.78 is 10.6. The Morgan fingerprint density at radius 1 is 1.37 bits per heavy atom. The minimum absolute atomic E-state index is 0.426. The second-order valence-corrected chi connectivity index (χ2v) is 6.97. The summed E-state index contributed by atoms with van der Waals surface area (Å²) in [6, 6.07) is 3.90. The number of benzene rings is 1. The van der Waals surface area contributed by atoms with E-state index in [1.54, 1.807) is 0 Å². The number of hydrogen-bond donors (Lipinski definition) is 2. The number of morpholine rings is 1. The van der Waals surface area contributed by atoms with E-state index >= 15 is 0 Å². The topological polar surface area (TPSA) is 82.7 Å². The Morgan fingerprint density at radius 2 is 2.15 bits per heavy atom. The third kappa shape index (κ3) is 5.11. The number of imidazole rings is 1. The Morgan fingerprint density at radius 3 is 2.85 bits per heavy atom. The number of rotatable bonds is 7. The van der Waals surface area contributed by atoms with Crippen molar-refractivity contribution < 1.29 is 14.3 Å². The van der Waals surface area contributed by atoms with Gasteiger partial charge in [0.1, 0.15) is 5.82 Å². The Hall–Kier alpha value is -2.32. The number of anilines is 2. The van der Waals surface area contributed by atoms with Crippen molar-refractivity contribution in [1.82, 2.24) is 14.9 Å². The fraction of sp³-hybridized carbons (Fsp3) is 0.579. The van der Waals surface area contributed by atoms with Gasteiger partial charge in [-0.25, -0.2) is 9.78 Å². The van der Waals surface area contributed by atoms with Gasteiger partial charge < -0.3 is 19.4 Å². The molecular weight excluding hydrogens is 346 g/mol. The van der Waals surface area contributed by atoms with Crippen LogP contribution in [0.3, 0.4) is 0 Å². The number of ether oxygens (including phenoxy) is 2. The summed E-state index contributed by atoms with van der Waals surface area (Å²) in [5, 5.41) is 2.86. The molecule has 0 bridgehead atoms.